The van der Waals surface area contributed by atoms with Crippen LogP contribution in [0.4, 0.5) is 0 Å². The molecule has 3 aromatic rings. The monoisotopic (exact) mass is 508 g/mol. The van der Waals surface area contributed by atoms with Crippen LogP contribution in [0.2, 0.25) is 0 Å². The van der Waals surface area contributed by atoms with Crippen LogP contribution in [0.15, 0.2) is 82.4 Å². The SMILES string of the molecule is CCC[C@H](C)c1ccc(OCC(=O)N/N=C/c2ccccc2OCc2cccc(Br)c2)cc1. The number of benzene rings is 3. The van der Waals surface area contributed by atoms with E-state index in [1.165, 1.54) is 5.56 Å². The number of carbonyl (C=O) groups excluding carboxylic acids is 1. The molecule has 6 heteroatoms. The van der Waals surface area contributed by atoms with Gasteiger partial charge in [0.1, 0.15) is 18.1 Å². The van der Waals surface area contributed by atoms with Gasteiger partial charge >= 0.3 is 0 Å². The first kappa shape index (κ1) is 24.5. The Labute approximate surface area is 204 Å². The van der Waals surface area contributed by atoms with Crippen molar-refractivity contribution in [1.82, 2.24) is 5.43 Å². The zero-order valence-corrected chi connectivity index (χ0v) is 20.5. The molecule has 0 saturated heterocycles. The minimum absolute atomic E-state index is 0.109. The predicted octanol–water partition coefficient (Wildman–Crippen LogP) is 6.46. The Balaban J connectivity index is 1.48. The van der Waals surface area contributed by atoms with E-state index in [4.69, 9.17) is 9.47 Å². The molecule has 3 rings (SSSR count). The molecule has 1 amide bonds. The van der Waals surface area contributed by atoms with Gasteiger partial charge in [-0.3, -0.25) is 4.79 Å². The lowest BCUT2D eigenvalue weighted by atomic mass is 9.97. The predicted molar refractivity (Wildman–Crippen MR) is 136 cm³/mol. The molecule has 0 radical (unpaired) electrons. The maximum Gasteiger partial charge on any atom is 0.277 e. The van der Waals surface area contributed by atoms with Crippen LogP contribution in [0.1, 0.15) is 49.3 Å². The Morgan fingerprint density at radius 1 is 1.06 bits per heavy atom. The van der Waals surface area contributed by atoms with Gasteiger partial charge in [-0.15, -0.1) is 0 Å². The van der Waals surface area contributed by atoms with Gasteiger partial charge in [-0.1, -0.05) is 72.6 Å². The van der Waals surface area contributed by atoms with E-state index in [9.17, 15) is 4.79 Å². The molecule has 172 valence electrons. The van der Waals surface area contributed by atoms with E-state index >= 15 is 0 Å². The minimum atomic E-state index is -0.331. The van der Waals surface area contributed by atoms with Gasteiger partial charge in [-0.05, 0) is 59.9 Å². The summed E-state index contributed by atoms with van der Waals surface area (Å²) in [5.41, 5.74) is 5.60. The van der Waals surface area contributed by atoms with Crippen LogP contribution in [0.25, 0.3) is 0 Å². The van der Waals surface area contributed by atoms with Gasteiger partial charge in [0.2, 0.25) is 0 Å². The number of hydrazone groups is 1. The maximum atomic E-state index is 12.1. The highest BCUT2D eigenvalue weighted by atomic mass is 79.9. The summed E-state index contributed by atoms with van der Waals surface area (Å²) in [5, 5.41) is 4.05. The quantitative estimate of drug-likeness (QED) is 0.238. The lowest BCUT2D eigenvalue weighted by molar-refractivity contribution is -0.123. The van der Waals surface area contributed by atoms with Crippen molar-refractivity contribution < 1.29 is 14.3 Å². The molecule has 0 saturated carbocycles. The third-order valence-corrected chi connectivity index (χ3v) is 5.63. The summed E-state index contributed by atoms with van der Waals surface area (Å²) in [6, 6.07) is 23.4. The molecule has 0 spiro atoms. The molecule has 0 aromatic heterocycles. The number of ether oxygens (including phenoxy) is 2. The van der Waals surface area contributed by atoms with Crippen molar-refractivity contribution in [3.63, 3.8) is 0 Å². The van der Waals surface area contributed by atoms with Gasteiger partial charge in [0.15, 0.2) is 6.61 Å². The average Bonchev–Trinajstić information content (AvgIpc) is 2.82. The van der Waals surface area contributed by atoms with Crippen LogP contribution in [0.3, 0.4) is 0 Å². The Hall–Kier alpha value is -3.12. The molecular formula is C27H29BrN2O3. The minimum Gasteiger partial charge on any atom is -0.488 e. The molecule has 33 heavy (non-hydrogen) atoms. The van der Waals surface area contributed by atoms with Gasteiger partial charge in [-0.2, -0.15) is 5.10 Å². The summed E-state index contributed by atoms with van der Waals surface area (Å²) in [4.78, 5) is 12.1. The molecule has 0 aliphatic heterocycles. The van der Waals surface area contributed by atoms with Crippen LogP contribution in [-0.4, -0.2) is 18.7 Å². The zero-order valence-electron chi connectivity index (χ0n) is 19.0. The van der Waals surface area contributed by atoms with E-state index in [-0.39, 0.29) is 12.5 Å². The fourth-order valence-corrected chi connectivity index (χ4v) is 3.80. The second kappa shape index (κ2) is 12.8. The Morgan fingerprint density at radius 2 is 1.85 bits per heavy atom. The Kier molecular flexibility index (Phi) is 9.51. The number of carbonyl (C=O) groups is 1. The first-order valence-corrected chi connectivity index (χ1v) is 11.9. The highest BCUT2D eigenvalue weighted by molar-refractivity contribution is 9.10. The third kappa shape index (κ3) is 8.06. The second-order valence-corrected chi connectivity index (χ2v) is 8.71. The summed E-state index contributed by atoms with van der Waals surface area (Å²) in [6.45, 7) is 4.72. The number of para-hydroxylation sites is 1. The largest absolute Gasteiger partial charge is 0.488 e. The molecule has 5 nitrogen and oxygen atoms in total. The zero-order chi connectivity index (χ0) is 23.5. The molecule has 0 fully saturated rings. The topological polar surface area (TPSA) is 59.9 Å². The molecule has 0 aliphatic rings. The van der Waals surface area contributed by atoms with Gasteiger partial charge < -0.3 is 9.47 Å². The number of nitrogens with zero attached hydrogens (tertiary/aromatic N) is 1. The van der Waals surface area contributed by atoms with Crippen molar-refractivity contribution in [1.29, 1.82) is 0 Å². The van der Waals surface area contributed by atoms with Gasteiger partial charge in [0.05, 0.1) is 6.21 Å². The molecule has 0 bridgehead atoms. The van der Waals surface area contributed by atoms with E-state index in [0.717, 1.165) is 28.4 Å². The van der Waals surface area contributed by atoms with Crippen molar-refractivity contribution in [3.8, 4) is 11.5 Å². The lowest BCUT2D eigenvalue weighted by Gasteiger charge is -2.11. The van der Waals surface area contributed by atoms with Crippen molar-refractivity contribution in [2.75, 3.05) is 6.61 Å². The van der Waals surface area contributed by atoms with E-state index < -0.39 is 0 Å². The van der Waals surface area contributed by atoms with Gasteiger partial charge in [0.25, 0.3) is 5.91 Å². The van der Waals surface area contributed by atoms with Crippen LogP contribution in [-0.2, 0) is 11.4 Å². The first-order valence-electron chi connectivity index (χ1n) is 11.1. The van der Waals surface area contributed by atoms with Crippen LogP contribution >= 0.6 is 15.9 Å². The van der Waals surface area contributed by atoms with E-state index in [1.807, 2.05) is 60.7 Å². The molecular weight excluding hydrogens is 480 g/mol. The fraction of sp³-hybridized carbons (Fsp3) is 0.259. The molecule has 1 N–H and O–H groups in total. The maximum absolute atomic E-state index is 12.1. The number of hydrogen-bond donors (Lipinski definition) is 1. The number of amides is 1. The van der Waals surface area contributed by atoms with Gasteiger partial charge in [0, 0.05) is 10.0 Å². The van der Waals surface area contributed by atoms with Crippen molar-refractivity contribution in [3.05, 3.63) is 94.0 Å². The highest BCUT2D eigenvalue weighted by Crippen LogP contribution is 2.23. The first-order chi connectivity index (χ1) is 16.0. The lowest BCUT2D eigenvalue weighted by Crippen LogP contribution is -2.24. The molecule has 0 aliphatic carbocycles. The number of halogens is 1. The van der Waals surface area contributed by atoms with Crippen molar-refractivity contribution in [2.45, 2.75) is 39.2 Å². The molecule has 3 aromatic carbocycles. The smallest absolute Gasteiger partial charge is 0.277 e. The molecule has 1 atom stereocenters. The summed E-state index contributed by atoms with van der Waals surface area (Å²) < 4.78 is 12.5. The highest BCUT2D eigenvalue weighted by Gasteiger charge is 2.06. The summed E-state index contributed by atoms with van der Waals surface area (Å²) in [7, 11) is 0. The average molecular weight is 509 g/mol. The number of hydrogen-bond acceptors (Lipinski definition) is 4. The Morgan fingerprint density at radius 3 is 2.61 bits per heavy atom. The number of rotatable bonds is 11. The summed E-state index contributed by atoms with van der Waals surface area (Å²) in [6.07, 6.45) is 3.87. The van der Waals surface area contributed by atoms with Crippen LogP contribution in [0.5, 0.6) is 11.5 Å². The molecule has 0 unspecified atom stereocenters. The van der Waals surface area contributed by atoms with E-state index in [0.29, 0.717) is 24.0 Å². The fourth-order valence-electron chi connectivity index (χ4n) is 3.35. The summed E-state index contributed by atoms with van der Waals surface area (Å²) >= 11 is 3.47. The second-order valence-electron chi connectivity index (χ2n) is 7.80. The number of nitrogens with one attached hydrogen (secondary N) is 1. The van der Waals surface area contributed by atoms with Crippen molar-refractivity contribution in [2.24, 2.45) is 5.10 Å². The third-order valence-electron chi connectivity index (χ3n) is 5.14. The molecule has 0 heterocycles. The standard InChI is InChI=1S/C27H29BrN2O3/c1-3-7-20(2)22-12-14-25(15-13-22)32-19-27(31)30-29-17-23-9-4-5-11-26(23)33-18-21-8-6-10-24(28)16-21/h4-6,8-17,20H,3,7,18-19H2,1-2H3,(H,30,31)/b29-17+/t20-/m0/s1. The normalized spacial score (nSPS) is 11.8. The summed E-state index contributed by atoms with van der Waals surface area (Å²) in [5.74, 6) is 1.53. The van der Waals surface area contributed by atoms with Crippen LogP contribution < -0.4 is 14.9 Å². The van der Waals surface area contributed by atoms with E-state index in [2.05, 4.69) is 52.4 Å². The van der Waals surface area contributed by atoms with Crippen LogP contribution in [0, 0.1) is 0 Å². The Bertz CT molecular complexity index is 1070. The van der Waals surface area contributed by atoms with Crippen molar-refractivity contribution >= 4 is 28.1 Å². The van der Waals surface area contributed by atoms with Gasteiger partial charge in [-0.25, -0.2) is 5.43 Å². The van der Waals surface area contributed by atoms with E-state index in [1.54, 1.807) is 6.21 Å².